The van der Waals surface area contributed by atoms with Crippen molar-refractivity contribution in [2.45, 2.75) is 68.8 Å². The van der Waals surface area contributed by atoms with Crippen molar-refractivity contribution >= 4 is 15.7 Å². The van der Waals surface area contributed by atoms with Crippen LogP contribution in [0.4, 0.5) is 32.0 Å². The lowest BCUT2D eigenvalue weighted by Crippen LogP contribution is -2.66. The molecule has 7 rings (SSSR count). The molecule has 1 aromatic heterocycles. The molecule has 0 saturated heterocycles. The molecule has 196 valence electrons. The summed E-state index contributed by atoms with van der Waals surface area (Å²) in [6.07, 6.45) is 1.54. The maximum absolute atomic E-state index is 14.0. The average molecular weight is 535 g/mol. The normalized spacial score (nSPS) is 28.8. The van der Waals surface area contributed by atoms with Gasteiger partial charge in [0, 0.05) is 31.0 Å². The number of halogens is 6. The summed E-state index contributed by atoms with van der Waals surface area (Å²) in [6.45, 7) is -1.02. The summed E-state index contributed by atoms with van der Waals surface area (Å²) in [5.74, 6) is -0.00319. The first kappa shape index (κ1) is 24.1. The number of aromatic amines is 1. The van der Waals surface area contributed by atoms with E-state index in [0.29, 0.717) is 34.4 Å². The molecule has 5 aliphatic rings. The van der Waals surface area contributed by atoms with Crippen LogP contribution >= 0.6 is 0 Å². The van der Waals surface area contributed by atoms with Crippen LogP contribution in [0.3, 0.4) is 0 Å². The van der Waals surface area contributed by atoms with Crippen molar-refractivity contribution in [3.8, 4) is 0 Å². The molecule has 36 heavy (non-hydrogen) atoms. The van der Waals surface area contributed by atoms with Crippen molar-refractivity contribution in [1.29, 1.82) is 0 Å². The summed E-state index contributed by atoms with van der Waals surface area (Å²) in [7, 11) is -5.78. The van der Waals surface area contributed by atoms with Gasteiger partial charge in [0.1, 0.15) is 0 Å². The molecule has 0 spiro atoms. The van der Waals surface area contributed by atoms with Crippen molar-refractivity contribution in [3.63, 3.8) is 0 Å². The molecule has 0 radical (unpaired) electrons. The average Bonchev–Trinajstić information content (AvgIpc) is 3.44. The van der Waals surface area contributed by atoms with Crippen LogP contribution in [-0.4, -0.2) is 40.8 Å². The van der Waals surface area contributed by atoms with E-state index in [1.165, 1.54) is 12.4 Å². The summed E-state index contributed by atoms with van der Waals surface area (Å²) >= 11 is 0. The fourth-order valence-electron chi connectivity index (χ4n) is 6.43. The Hall–Kier alpha value is -2.28. The van der Waals surface area contributed by atoms with Gasteiger partial charge in [-0.05, 0) is 72.6 Å². The Kier molecular flexibility index (Phi) is 5.10. The Bertz CT molecular complexity index is 1270. The number of alkyl halides is 6. The van der Waals surface area contributed by atoms with E-state index in [1.54, 1.807) is 6.20 Å². The zero-order valence-electron chi connectivity index (χ0n) is 19.0. The monoisotopic (exact) mass is 534 g/mol. The molecule has 1 aliphatic heterocycles. The molecule has 1 atom stereocenters. The van der Waals surface area contributed by atoms with Gasteiger partial charge in [-0.1, -0.05) is 0 Å². The number of hydrogen-bond acceptors (Lipinski definition) is 4. The van der Waals surface area contributed by atoms with Crippen LogP contribution in [0.1, 0.15) is 60.4 Å². The van der Waals surface area contributed by atoms with Crippen molar-refractivity contribution in [1.82, 2.24) is 14.3 Å². The van der Waals surface area contributed by atoms with Crippen molar-refractivity contribution < 1.29 is 34.8 Å². The van der Waals surface area contributed by atoms with Crippen LogP contribution in [0.15, 0.2) is 24.7 Å². The molecular formula is C23H24F6N4O2S. The highest BCUT2D eigenvalue weighted by molar-refractivity contribution is 7.89. The second-order valence-corrected chi connectivity index (χ2v) is 12.5. The smallest absolute Gasteiger partial charge is 0.361 e. The molecule has 4 fully saturated rings. The van der Waals surface area contributed by atoms with Gasteiger partial charge in [-0.2, -0.15) is 30.6 Å². The standard InChI is InChI=1S/C23H24F6N4O2S/c24-22(25,26)17-3-4-18-16(20(17)14-1-2-14)10-32(36(34,35)23(27,28)29)11-19(21-5-13(6-21)7-21)33(18)9-15-8-30-12-31-15/h3-4,8,12-14,19H,1-2,5-7,9-11H2,(H,30,31). The molecule has 2 heterocycles. The van der Waals surface area contributed by atoms with E-state index >= 15 is 0 Å². The predicted molar refractivity (Wildman–Crippen MR) is 117 cm³/mol. The fraction of sp³-hybridized carbons (Fsp3) is 0.609. The van der Waals surface area contributed by atoms with Crippen LogP contribution in [0.2, 0.25) is 0 Å². The van der Waals surface area contributed by atoms with Crippen LogP contribution in [0.5, 0.6) is 0 Å². The largest absolute Gasteiger partial charge is 0.511 e. The SMILES string of the molecule is O=S(=O)(N1Cc2c(ccc(C(F)(F)F)c2C2CC2)N(Cc2cnc[nH]2)C(C23CC(C2)C3)C1)C(F)(F)F. The number of benzene rings is 1. The number of nitrogens with zero attached hydrogens (tertiary/aromatic N) is 3. The topological polar surface area (TPSA) is 69.3 Å². The molecular weight excluding hydrogens is 510 g/mol. The third-order valence-electron chi connectivity index (χ3n) is 8.34. The molecule has 6 nitrogen and oxygen atoms in total. The summed E-state index contributed by atoms with van der Waals surface area (Å²) in [5, 5.41) is 0. The van der Waals surface area contributed by atoms with E-state index in [0.717, 1.165) is 25.3 Å². The number of H-pyrrole nitrogens is 1. The Morgan fingerprint density at radius 3 is 2.28 bits per heavy atom. The van der Waals surface area contributed by atoms with Crippen LogP contribution in [0.25, 0.3) is 0 Å². The first-order valence-corrected chi connectivity index (χ1v) is 13.3. The highest BCUT2D eigenvalue weighted by Crippen LogP contribution is 2.68. The Morgan fingerprint density at radius 1 is 1.08 bits per heavy atom. The van der Waals surface area contributed by atoms with Gasteiger partial charge < -0.3 is 9.88 Å². The Morgan fingerprint density at radius 2 is 1.78 bits per heavy atom. The van der Waals surface area contributed by atoms with Gasteiger partial charge in [-0.25, -0.2) is 13.4 Å². The fourth-order valence-corrected chi connectivity index (χ4v) is 7.36. The Balaban J connectivity index is 1.56. The number of nitrogens with one attached hydrogen (secondary N) is 1. The molecule has 1 aromatic carbocycles. The number of rotatable bonds is 5. The maximum Gasteiger partial charge on any atom is 0.511 e. The number of fused-ring (bicyclic) bond motifs is 1. The third kappa shape index (κ3) is 3.64. The zero-order chi connectivity index (χ0) is 25.7. The lowest BCUT2D eigenvalue weighted by atomic mass is 9.41. The number of aromatic nitrogens is 2. The lowest BCUT2D eigenvalue weighted by molar-refractivity contribution is -0.138. The summed E-state index contributed by atoms with van der Waals surface area (Å²) in [6, 6.07) is 1.69. The highest BCUT2D eigenvalue weighted by atomic mass is 32.2. The molecule has 2 aromatic rings. The van der Waals surface area contributed by atoms with Crippen LogP contribution in [-0.2, 0) is 29.3 Å². The van der Waals surface area contributed by atoms with Crippen molar-refractivity contribution in [2.75, 3.05) is 11.4 Å². The predicted octanol–water partition coefficient (Wildman–Crippen LogP) is 5.15. The van der Waals surface area contributed by atoms with Gasteiger partial charge in [-0.15, -0.1) is 0 Å². The van der Waals surface area contributed by atoms with E-state index in [4.69, 9.17) is 0 Å². The van der Waals surface area contributed by atoms with Gasteiger partial charge in [0.05, 0.1) is 24.1 Å². The maximum atomic E-state index is 14.0. The third-order valence-corrected chi connectivity index (χ3v) is 9.88. The second kappa shape index (κ2) is 7.62. The summed E-state index contributed by atoms with van der Waals surface area (Å²) in [4.78, 5) is 8.79. The lowest BCUT2D eigenvalue weighted by Gasteiger charge is -2.67. The van der Waals surface area contributed by atoms with Gasteiger partial charge in [0.25, 0.3) is 0 Å². The summed E-state index contributed by atoms with van der Waals surface area (Å²) < 4.78 is 109. The summed E-state index contributed by atoms with van der Waals surface area (Å²) in [5.41, 5.74) is -5.88. The second-order valence-electron chi connectivity index (χ2n) is 10.6. The molecule has 2 bridgehead atoms. The van der Waals surface area contributed by atoms with Crippen LogP contribution < -0.4 is 4.90 Å². The molecule has 0 amide bonds. The van der Waals surface area contributed by atoms with Gasteiger partial charge >= 0.3 is 21.7 Å². The van der Waals surface area contributed by atoms with E-state index in [9.17, 15) is 34.8 Å². The van der Waals surface area contributed by atoms with Gasteiger partial charge in [0.2, 0.25) is 0 Å². The van der Waals surface area contributed by atoms with Crippen molar-refractivity contribution in [2.24, 2.45) is 11.3 Å². The first-order valence-electron chi connectivity index (χ1n) is 11.8. The van der Waals surface area contributed by atoms with Gasteiger partial charge in [0.15, 0.2) is 0 Å². The minimum absolute atomic E-state index is 0.0220. The number of imidazole rings is 1. The highest BCUT2D eigenvalue weighted by Gasteiger charge is 2.64. The van der Waals surface area contributed by atoms with Crippen molar-refractivity contribution in [3.05, 3.63) is 47.0 Å². The first-order chi connectivity index (χ1) is 16.8. The number of hydrogen-bond donors (Lipinski definition) is 1. The number of sulfonamides is 1. The van der Waals surface area contributed by atoms with E-state index < -0.39 is 52.3 Å². The molecule has 1 unspecified atom stereocenters. The quantitative estimate of drug-likeness (QED) is 0.539. The number of anilines is 1. The van der Waals surface area contributed by atoms with E-state index in [-0.39, 0.29) is 23.1 Å². The Labute approximate surface area is 203 Å². The van der Waals surface area contributed by atoms with Gasteiger partial charge in [-0.3, -0.25) is 0 Å². The van der Waals surface area contributed by atoms with Crippen LogP contribution in [0, 0.1) is 11.3 Å². The van der Waals surface area contributed by atoms with E-state index in [2.05, 4.69) is 9.97 Å². The minimum atomic E-state index is -5.78. The molecule has 4 saturated carbocycles. The minimum Gasteiger partial charge on any atom is -0.361 e. The molecule has 4 aliphatic carbocycles. The molecule has 13 heteroatoms. The van der Waals surface area contributed by atoms with E-state index in [1.807, 2.05) is 4.90 Å². The zero-order valence-corrected chi connectivity index (χ0v) is 19.8. The molecule has 1 N–H and O–H groups in total.